The van der Waals surface area contributed by atoms with Crippen LogP contribution in [0.5, 0.6) is 0 Å². The molecule has 1 atom stereocenters. The maximum atomic E-state index is 12.4. The van der Waals surface area contributed by atoms with Crippen molar-refractivity contribution in [3.05, 3.63) is 53.3 Å². The molecule has 1 fully saturated rings. The second-order valence-electron chi connectivity index (χ2n) is 5.64. The molecular weight excluding hydrogens is 312 g/mol. The van der Waals surface area contributed by atoms with Gasteiger partial charge in [-0.05, 0) is 30.5 Å². The van der Waals surface area contributed by atoms with Crippen LogP contribution in [0.3, 0.4) is 0 Å². The van der Waals surface area contributed by atoms with Crippen LogP contribution in [0.1, 0.15) is 18.4 Å². The fourth-order valence-corrected chi connectivity index (χ4v) is 3.00. The lowest BCUT2D eigenvalue weighted by Gasteiger charge is -2.31. The van der Waals surface area contributed by atoms with Crippen LogP contribution in [-0.2, 0) is 11.3 Å². The molecule has 5 nitrogen and oxygen atoms in total. The van der Waals surface area contributed by atoms with Crippen LogP contribution in [0.15, 0.2) is 42.7 Å². The highest BCUT2D eigenvalue weighted by atomic mass is 35.5. The Balaban J connectivity index is 1.58. The molecule has 0 radical (unpaired) electrons. The summed E-state index contributed by atoms with van der Waals surface area (Å²) in [6.07, 6.45) is 5.30. The molecule has 1 aliphatic rings. The first kappa shape index (κ1) is 15.7. The van der Waals surface area contributed by atoms with Crippen molar-refractivity contribution >= 4 is 23.5 Å². The van der Waals surface area contributed by atoms with E-state index in [1.165, 1.54) is 0 Å². The fourth-order valence-electron chi connectivity index (χ4n) is 2.80. The minimum Gasteiger partial charge on any atom is -0.352 e. The van der Waals surface area contributed by atoms with Crippen molar-refractivity contribution in [2.24, 2.45) is 5.92 Å². The Labute approximate surface area is 140 Å². The summed E-state index contributed by atoms with van der Waals surface area (Å²) in [5.74, 6) is 0.705. The minimum atomic E-state index is -0.0463. The molecule has 3 rings (SSSR count). The summed E-state index contributed by atoms with van der Waals surface area (Å²) < 4.78 is 0. The average molecular weight is 331 g/mol. The molecule has 1 aliphatic heterocycles. The third-order valence-corrected chi connectivity index (χ3v) is 4.41. The molecule has 2 aromatic rings. The zero-order valence-corrected chi connectivity index (χ0v) is 13.5. The maximum absolute atomic E-state index is 12.4. The monoisotopic (exact) mass is 330 g/mol. The van der Waals surface area contributed by atoms with Crippen LogP contribution < -0.4 is 10.2 Å². The first-order valence-corrected chi connectivity index (χ1v) is 8.15. The largest absolute Gasteiger partial charge is 0.352 e. The molecule has 0 aliphatic carbocycles. The summed E-state index contributed by atoms with van der Waals surface area (Å²) in [6.45, 7) is 1.99. The first-order valence-electron chi connectivity index (χ1n) is 7.77. The molecule has 2 heterocycles. The van der Waals surface area contributed by atoms with Gasteiger partial charge in [0.2, 0.25) is 11.9 Å². The Morgan fingerprint density at radius 2 is 2.04 bits per heavy atom. The zero-order chi connectivity index (χ0) is 16.1. The van der Waals surface area contributed by atoms with Crippen molar-refractivity contribution in [3.8, 4) is 0 Å². The smallest absolute Gasteiger partial charge is 0.225 e. The fraction of sp³-hybridized carbons (Fsp3) is 0.353. The predicted octanol–water partition coefficient (Wildman–Crippen LogP) is 2.66. The summed E-state index contributed by atoms with van der Waals surface area (Å²) in [5.41, 5.74) is 0.932. The van der Waals surface area contributed by atoms with Crippen molar-refractivity contribution in [1.82, 2.24) is 15.3 Å². The van der Waals surface area contributed by atoms with Gasteiger partial charge in [-0.25, -0.2) is 9.97 Å². The van der Waals surface area contributed by atoms with E-state index < -0.39 is 0 Å². The Morgan fingerprint density at radius 1 is 1.26 bits per heavy atom. The Bertz CT molecular complexity index is 665. The number of nitrogens with zero attached hydrogens (tertiary/aromatic N) is 3. The van der Waals surface area contributed by atoms with Gasteiger partial charge in [0.15, 0.2) is 0 Å². The van der Waals surface area contributed by atoms with Gasteiger partial charge in [-0.15, -0.1) is 0 Å². The van der Waals surface area contributed by atoms with Gasteiger partial charge in [-0.1, -0.05) is 29.8 Å². The van der Waals surface area contributed by atoms with Gasteiger partial charge in [0, 0.05) is 37.1 Å². The second kappa shape index (κ2) is 7.42. The molecule has 0 bridgehead atoms. The van der Waals surface area contributed by atoms with E-state index in [-0.39, 0.29) is 11.8 Å². The molecule has 120 valence electrons. The number of hydrogen-bond donors (Lipinski definition) is 1. The third kappa shape index (κ3) is 3.99. The van der Waals surface area contributed by atoms with Gasteiger partial charge in [0.05, 0.1) is 5.92 Å². The van der Waals surface area contributed by atoms with Crippen LogP contribution in [0.4, 0.5) is 5.95 Å². The normalized spacial score (nSPS) is 17.8. The van der Waals surface area contributed by atoms with Crippen molar-refractivity contribution in [2.75, 3.05) is 18.0 Å². The highest BCUT2D eigenvalue weighted by Crippen LogP contribution is 2.20. The summed E-state index contributed by atoms with van der Waals surface area (Å²) in [6, 6.07) is 9.35. The molecule has 1 amide bonds. The summed E-state index contributed by atoms with van der Waals surface area (Å²) in [5, 5.41) is 3.67. The number of carbonyl (C=O) groups excluding carboxylic acids is 1. The van der Waals surface area contributed by atoms with Gasteiger partial charge in [0.1, 0.15) is 0 Å². The number of rotatable bonds is 4. The van der Waals surface area contributed by atoms with Crippen LogP contribution in [0, 0.1) is 5.92 Å². The highest BCUT2D eigenvalue weighted by molar-refractivity contribution is 6.31. The zero-order valence-electron chi connectivity index (χ0n) is 12.8. The number of hydrogen-bond acceptors (Lipinski definition) is 4. The van der Waals surface area contributed by atoms with E-state index in [0.717, 1.165) is 24.9 Å². The van der Waals surface area contributed by atoms with Crippen molar-refractivity contribution in [1.29, 1.82) is 0 Å². The molecule has 1 unspecified atom stereocenters. The molecular formula is C17H19ClN4O. The maximum Gasteiger partial charge on any atom is 0.225 e. The molecule has 1 aromatic carbocycles. The van der Waals surface area contributed by atoms with E-state index in [2.05, 4.69) is 20.2 Å². The molecule has 0 saturated carbocycles. The summed E-state index contributed by atoms with van der Waals surface area (Å²) >= 11 is 6.12. The molecule has 6 heteroatoms. The molecule has 1 aromatic heterocycles. The number of amides is 1. The Hall–Kier alpha value is -2.14. The molecule has 1 N–H and O–H groups in total. The van der Waals surface area contributed by atoms with Crippen LogP contribution in [0.25, 0.3) is 0 Å². The number of carbonyl (C=O) groups is 1. The number of aromatic nitrogens is 2. The third-order valence-electron chi connectivity index (χ3n) is 4.04. The van der Waals surface area contributed by atoms with Gasteiger partial charge in [-0.2, -0.15) is 0 Å². The number of anilines is 1. The number of benzene rings is 1. The topological polar surface area (TPSA) is 58.1 Å². The summed E-state index contributed by atoms with van der Waals surface area (Å²) in [4.78, 5) is 23.0. The molecule has 23 heavy (non-hydrogen) atoms. The van der Waals surface area contributed by atoms with Crippen molar-refractivity contribution in [2.45, 2.75) is 19.4 Å². The summed E-state index contributed by atoms with van der Waals surface area (Å²) in [7, 11) is 0. The standard InChI is InChI=1S/C17H19ClN4O/c18-15-7-2-1-5-13(15)11-21-16(23)14-6-3-10-22(12-14)17-19-8-4-9-20-17/h1-2,4-5,7-9,14H,3,6,10-12H2,(H,21,23). The quantitative estimate of drug-likeness (QED) is 0.936. The lowest BCUT2D eigenvalue weighted by Crippen LogP contribution is -2.43. The van der Waals surface area contributed by atoms with E-state index in [4.69, 9.17) is 11.6 Å². The van der Waals surface area contributed by atoms with Crippen molar-refractivity contribution in [3.63, 3.8) is 0 Å². The molecule has 0 spiro atoms. The first-order chi connectivity index (χ1) is 11.2. The van der Waals surface area contributed by atoms with Gasteiger partial charge in [-0.3, -0.25) is 4.79 Å². The number of nitrogens with one attached hydrogen (secondary N) is 1. The van der Waals surface area contributed by atoms with Crippen molar-refractivity contribution < 1.29 is 4.79 Å². The lowest BCUT2D eigenvalue weighted by atomic mass is 9.97. The van der Waals surface area contributed by atoms with E-state index in [1.54, 1.807) is 18.5 Å². The SMILES string of the molecule is O=C(NCc1ccccc1Cl)C1CCCN(c2ncccn2)C1. The molecule has 1 saturated heterocycles. The second-order valence-corrected chi connectivity index (χ2v) is 6.05. The van der Waals surface area contributed by atoms with E-state index in [1.807, 2.05) is 24.3 Å². The van der Waals surface area contributed by atoms with Crippen LogP contribution in [0.2, 0.25) is 5.02 Å². The predicted molar refractivity (Wildman–Crippen MR) is 90.3 cm³/mol. The Morgan fingerprint density at radius 3 is 2.83 bits per heavy atom. The van der Waals surface area contributed by atoms with Gasteiger partial charge >= 0.3 is 0 Å². The highest BCUT2D eigenvalue weighted by Gasteiger charge is 2.26. The van der Waals surface area contributed by atoms with E-state index >= 15 is 0 Å². The van der Waals surface area contributed by atoms with E-state index in [9.17, 15) is 4.79 Å². The van der Waals surface area contributed by atoms with E-state index in [0.29, 0.717) is 24.1 Å². The number of piperidine rings is 1. The number of halogens is 1. The van der Waals surface area contributed by atoms with Crippen LogP contribution in [-0.4, -0.2) is 29.0 Å². The van der Waals surface area contributed by atoms with Gasteiger partial charge in [0.25, 0.3) is 0 Å². The average Bonchev–Trinajstić information content (AvgIpc) is 2.62. The van der Waals surface area contributed by atoms with Crippen LogP contribution >= 0.6 is 11.6 Å². The Kier molecular flexibility index (Phi) is 5.08. The minimum absolute atomic E-state index is 0.0463. The lowest BCUT2D eigenvalue weighted by molar-refractivity contribution is -0.125. The van der Waals surface area contributed by atoms with Gasteiger partial charge < -0.3 is 10.2 Å².